The molecule has 1 saturated heterocycles. The zero-order valence-corrected chi connectivity index (χ0v) is 14.2. The molecule has 1 aliphatic heterocycles. The van der Waals surface area contributed by atoms with Crippen LogP contribution < -0.4 is 10.1 Å². The number of halogens is 1. The van der Waals surface area contributed by atoms with E-state index in [2.05, 4.69) is 5.32 Å². The average Bonchev–Trinajstić information content (AvgIpc) is 2.56. The van der Waals surface area contributed by atoms with Crippen molar-refractivity contribution in [1.82, 2.24) is 5.32 Å². The highest BCUT2D eigenvalue weighted by molar-refractivity contribution is 5.85. The van der Waals surface area contributed by atoms with E-state index in [0.717, 1.165) is 16.9 Å². The predicted molar refractivity (Wildman–Crippen MR) is 91.7 cm³/mol. The highest BCUT2D eigenvalue weighted by Crippen LogP contribution is 2.41. The molecular weight excluding hydrogens is 305 g/mol. The van der Waals surface area contributed by atoms with Crippen LogP contribution in [0.2, 0.25) is 0 Å². The van der Waals surface area contributed by atoms with E-state index < -0.39 is 0 Å². The van der Waals surface area contributed by atoms with Gasteiger partial charge in [0.15, 0.2) is 0 Å². The Morgan fingerprint density at radius 2 is 1.62 bits per heavy atom. The van der Waals surface area contributed by atoms with E-state index in [-0.39, 0.29) is 29.1 Å². The molecule has 0 aliphatic carbocycles. The topological polar surface area (TPSA) is 38.3 Å². The third-order valence-corrected chi connectivity index (χ3v) is 4.89. The summed E-state index contributed by atoms with van der Waals surface area (Å²) in [5, 5.41) is 3.13. The second-order valence-corrected chi connectivity index (χ2v) is 6.88. The smallest absolute Gasteiger partial charge is 0.227 e. The van der Waals surface area contributed by atoms with Gasteiger partial charge in [-0.25, -0.2) is 4.39 Å². The largest absolute Gasteiger partial charge is 0.497 e. The number of carbonyl (C=O) groups is 1. The van der Waals surface area contributed by atoms with Crippen LogP contribution in [0.1, 0.15) is 43.2 Å². The van der Waals surface area contributed by atoms with Crippen LogP contribution >= 0.6 is 0 Å². The maximum atomic E-state index is 13.2. The Morgan fingerprint density at radius 1 is 1.04 bits per heavy atom. The van der Waals surface area contributed by atoms with Crippen molar-refractivity contribution in [2.45, 2.75) is 37.6 Å². The number of carbonyl (C=O) groups excluding carboxylic acids is 1. The van der Waals surface area contributed by atoms with Crippen molar-refractivity contribution < 1.29 is 13.9 Å². The summed E-state index contributed by atoms with van der Waals surface area (Å²) < 4.78 is 18.4. The molecule has 2 aromatic rings. The number of amides is 1. The first kappa shape index (κ1) is 16.5. The zero-order chi connectivity index (χ0) is 17.3. The average molecular weight is 327 g/mol. The van der Waals surface area contributed by atoms with Gasteiger partial charge in [0.2, 0.25) is 5.91 Å². The number of nitrogens with one attached hydrogen (secondary N) is 1. The maximum absolute atomic E-state index is 13.2. The molecule has 1 amide bonds. The van der Waals surface area contributed by atoms with Gasteiger partial charge in [-0.1, -0.05) is 24.3 Å². The Bertz CT molecular complexity index is 722. The van der Waals surface area contributed by atoms with Crippen molar-refractivity contribution in [3.05, 3.63) is 65.5 Å². The Balaban J connectivity index is 1.91. The van der Waals surface area contributed by atoms with Gasteiger partial charge in [-0.3, -0.25) is 4.79 Å². The van der Waals surface area contributed by atoms with Gasteiger partial charge < -0.3 is 10.1 Å². The minimum atomic E-state index is -0.377. The van der Waals surface area contributed by atoms with Crippen LogP contribution in [0.4, 0.5) is 4.39 Å². The molecule has 24 heavy (non-hydrogen) atoms. The lowest BCUT2D eigenvalue weighted by Gasteiger charge is -2.43. The van der Waals surface area contributed by atoms with Crippen molar-refractivity contribution in [1.29, 1.82) is 0 Å². The SMILES string of the molecule is COc1ccc(C2CC(c3ccc(F)cc3)C(C)(C)NC2=O)cc1. The standard InChI is InChI=1S/C20H22FNO2/c1-20(2)18(14-4-8-15(21)9-5-14)12-17(19(23)22-20)13-6-10-16(24-3)11-7-13/h4-11,17-18H,12H2,1-3H3,(H,22,23). The molecule has 0 spiro atoms. The molecule has 0 radical (unpaired) electrons. The van der Waals surface area contributed by atoms with E-state index in [9.17, 15) is 9.18 Å². The minimum Gasteiger partial charge on any atom is -0.497 e. The lowest BCUT2D eigenvalue weighted by molar-refractivity contribution is -0.127. The molecule has 3 rings (SSSR count). The zero-order valence-electron chi connectivity index (χ0n) is 14.2. The molecule has 4 heteroatoms. The monoisotopic (exact) mass is 327 g/mol. The lowest BCUT2D eigenvalue weighted by Crippen LogP contribution is -2.54. The van der Waals surface area contributed by atoms with Gasteiger partial charge >= 0.3 is 0 Å². The molecule has 2 atom stereocenters. The fourth-order valence-electron chi connectivity index (χ4n) is 3.50. The van der Waals surface area contributed by atoms with Gasteiger partial charge in [0.25, 0.3) is 0 Å². The van der Waals surface area contributed by atoms with E-state index in [4.69, 9.17) is 4.74 Å². The van der Waals surface area contributed by atoms with Gasteiger partial charge in [-0.05, 0) is 55.7 Å². The molecule has 0 saturated carbocycles. The normalized spacial score (nSPS) is 22.8. The summed E-state index contributed by atoms with van der Waals surface area (Å²) in [7, 11) is 1.62. The van der Waals surface area contributed by atoms with Crippen LogP contribution in [-0.2, 0) is 4.79 Å². The molecule has 1 aliphatic rings. The molecule has 1 N–H and O–H groups in total. The number of ether oxygens (including phenoxy) is 1. The van der Waals surface area contributed by atoms with Crippen LogP contribution in [0.3, 0.4) is 0 Å². The van der Waals surface area contributed by atoms with Gasteiger partial charge in [-0.2, -0.15) is 0 Å². The molecule has 0 bridgehead atoms. The van der Waals surface area contributed by atoms with Gasteiger partial charge in [0.1, 0.15) is 11.6 Å². The summed E-state index contributed by atoms with van der Waals surface area (Å²) in [6, 6.07) is 14.2. The van der Waals surface area contributed by atoms with Gasteiger partial charge in [-0.15, -0.1) is 0 Å². The van der Waals surface area contributed by atoms with Crippen LogP contribution in [0.25, 0.3) is 0 Å². The molecule has 2 aromatic carbocycles. The first-order valence-corrected chi connectivity index (χ1v) is 8.12. The van der Waals surface area contributed by atoms with Crippen LogP contribution in [0, 0.1) is 5.82 Å². The number of rotatable bonds is 3. The van der Waals surface area contributed by atoms with Crippen molar-refractivity contribution in [3.8, 4) is 5.75 Å². The van der Waals surface area contributed by atoms with Crippen molar-refractivity contribution in [2.75, 3.05) is 7.11 Å². The second-order valence-electron chi connectivity index (χ2n) is 6.88. The first-order chi connectivity index (χ1) is 11.4. The predicted octanol–water partition coefficient (Wildman–Crippen LogP) is 4.00. The van der Waals surface area contributed by atoms with E-state index in [1.807, 2.05) is 50.2 Å². The summed E-state index contributed by atoms with van der Waals surface area (Å²) in [5.41, 5.74) is 1.63. The Hall–Kier alpha value is -2.36. The highest BCUT2D eigenvalue weighted by Gasteiger charge is 2.42. The maximum Gasteiger partial charge on any atom is 0.227 e. The fraction of sp³-hybridized carbons (Fsp3) is 0.350. The van der Waals surface area contributed by atoms with E-state index in [1.165, 1.54) is 12.1 Å². The van der Waals surface area contributed by atoms with Gasteiger partial charge in [0, 0.05) is 11.5 Å². The highest BCUT2D eigenvalue weighted by atomic mass is 19.1. The molecule has 1 heterocycles. The second kappa shape index (κ2) is 6.27. The number of hydrogen-bond acceptors (Lipinski definition) is 2. The lowest BCUT2D eigenvalue weighted by atomic mass is 9.71. The third-order valence-electron chi connectivity index (χ3n) is 4.89. The van der Waals surface area contributed by atoms with Gasteiger partial charge in [0.05, 0.1) is 13.0 Å². The van der Waals surface area contributed by atoms with Crippen LogP contribution in [0.5, 0.6) is 5.75 Å². The molecule has 0 aromatic heterocycles. The minimum absolute atomic E-state index is 0.0310. The summed E-state index contributed by atoms with van der Waals surface area (Å²) >= 11 is 0. The Morgan fingerprint density at radius 3 is 2.21 bits per heavy atom. The van der Waals surface area contributed by atoms with Crippen LogP contribution in [0.15, 0.2) is 48.5 Å². The molecule has 2 unspecified atom stereocenters. The molecule has 1 fully saturated rings. The van der Waals surface area contributed by atoms with E-state index in [0.29, 0.717) is 6.42 Å². The number of benzene rings is 2. The Kier molecular flexibility index (Phi) is 4.31. The van der Waals surface area contributed by atoms with E-state index >= 15 is 0 Å². The molecule has 3 nitrogen and oxygen atoms in total. The molecular formula is C20H22FNO2. The first-order valence-electron chi connectivity index (χ1n) is 8.12. The fourth-order valence-corrected chi connectivity index (χ4v) is 3.50. The summed E-state index contributed by atoms with van der Waals surface area (Å²) in [6.07, 6.45) is 0.691. The van der Waals surface area contributed by atoms with E-state index in [1.54, 1.807) is 7.11 Å². The summed E-state index contributed by atoms with van der Waals surface area (Å²) in [6.45, 7) is 4.03. The summed E-state index contributed by atoms with van der Waals surface area (Å²) in [4.78, 5) is 12.6. The number of hydrogen-bond donors (Lipinski definition) is 1. The van der Waals surface area contributed by atoms with Crippen molar-refractivity contribution in [3.63, 3.8) is 0 Å². The number of piperidine rings is 1. The number of methoxy groups -OCH3 is 1. The van der Waals surface area contributed by atoms with Crippen molar-refractivity contribution in [2.24, 2.45) is 0 Å². The Labute approximate surface area is 141 Å². The summed E-state index contributed by atoms with van der Waals surface area (Å²) in [5.74, 6) is 0.443. The quantitative estimate of drug-likeness (QED) is 0.925. The van der Waals surface area contributed by atoms with Crippen molar-refractivity contribution >= 4 is 5.91 Å². The van der Waals surface area contributed by atoms with Crippen LogP contribution in [-0.4, -0.2) is 18.6 Å². The third kappa shape index (κ3) is 3.14. The molecule has 126 valence electrons.